The van der Waals surface area contributed by atoms with Gasteiger partial charge in [0, 0.05) is 16.2 Å². The third-order valence-corrected chi connectivity index (χ3v) is 8.82. The minimum atomic E-state index is -0.128. The predicted octanol–water partition coefficient (Wildman–Crippen LogP) is 8.85. The molecule has 0 spiro atoms. The van der Waals surface area contributed by atoms with E-state index in [4.69, 9.17) is 4.98 Å². The standard InChI is InChI=1S/C32H22N2S/c1-32(2)23-15-7-5-13-21(23)27-19-11-3-4-12-20(19)28-22-14-6-9-17-25(22)34(30(28)29(27)32)31-33-24-16-8-10-18-26(24)35-31/h3-18H,1-2H3. The fraction of sp³-hybridized carbons (Fsp3) is 0.0938. The zero-order valence-corrected chi connectivity index (χ0v) is 20.4. The highest BCUT2D eigenvalue weighted by molar-refractivity contribution is 7.20. The number of nitrogens with zero attached hydrogens (tertiary/aromatic N) is 2. The molecular weight excluding hydrogens is 444 g/mol. The molecule has 1 aliphatic rings. The molecule has 0 N–H and O–H groups in total. The Bertz CT molecular complexity index is 1950. The van der Waals surface area contributed by atoms with Crippen molar-refractivity contribution in [1.82, 2.24) is 9.55 Å². The lowest BCUT2D eigenvalue weighted by Gasteiger charge is -2.24. The SMILES string of the molecule is CC1(C)c2ccccc2-c2c1c1c(c3ccccc23)c2ccccc2n1-c1nc2ccccc2s1. The van der Waals surface area contributed by atoms with Crippen LogP contribution in [0.5, 0.6) is 0 Å². The van der Waals surface area contributed by atoms with Gasteiger partial charge in [-0.25, -0.2) is 4.98 Å². The Morgan fingerprint density at radius 3 is 2.26 bits per heavy atom. The normalized spacial score (nSPS) is 14.2. The molecule has 0 saturated heterocycles. The van der Waals surface area contributed by atoms with Gasteiger partial charge >= 0.3 is 0 Å². The lowest BCUT2D eigenvalue weighted by atomic mass is 9.80. The van der Waals surface area contributed by atoms with Crippen LogP contribution in [-0.2, 0) is 5.41 Å². The minimum absolute atomic E-state index is 0.128. The number of rotatable bonds is 1. The largest absolute Gasteiger partial charge is 0.285 e. The Labute approximate surface area is 207 Å². The highest BCUT2D eigenvalue weighted by Crippen LogP contribution is 2.56. The fourth-order valence-electron chi connectivity index (χ4n) is 6.34. The summed E-state index contributed by atoms with van der Waals surface area (Å²) in [4.78, 5) is 5.14. The van der Waals surface area contributed by atoms with Crippen molar-refractivity contribution in [3.05, 3.63) is 108 Å². The Morgan fingerprint density at radius 1 is 0.714 bits per heavy atom. The van der Waals surface area contributed by atoms with Gasteiger partial charge in [-0.2, -0.15) is 0 Å². The van der Waals surface area contributed by atoms with Crippen molar-refractivity contribution < 1.29 is 0 Å². The van der Waals surface area contributed by atoms with Crippen LogP contribution < -0.4 is 0 Å². The van der Waals surface area contributed by atoms with Gasteiger partial charge in [-0.3, -0.25) is 4.57 Å². The Morgan fingerprint density at radius 2 is 1.40 bits per heavy atom. The smallest absolute Gasteiger partial charge is 0.195 e. The summed E-state index contributed by atoms with van der Waals surface area (Å²) in [6.45, 7) is 4.76. The van der Waals surface area contributed by atoms with Gasteiger partial charge < -0.3 is 0 Å². The van der Waals surface area contributed by atoms with Crippen LogP contribution in [0.2, 0.25) is 0 Å². The summed E-state index contributed by atoms with van der Waals surface area (Å²) in [7, 11) is 0. The molecule has 0 radical (unpaired) electrons. The van der Waals surface area contributed by atoms with Crippen molar-refractivity contribution in [3.63, 3.8) is 0 Å². The zero-order chi connectivity index (χ0) is 23.3. The molecule has 0 unspecified atom stereocenters. The highest BCUT2D eigenvalue weighted by atomic mass is 32.1. The maximum absolute atomic E-state index is 5.14. The molecule has 3 heteroatoms. The van der Waals surface area contributed by atoms with Gasteiger partial charge in [0.1, 0.15) is 0 Å². The van der Waals surface area contributed by atoms with E-state index >= 15 is 0 Å². The summed E-state index contributed by atoms with van der Waals surface area (Å²) < 4.78 is 3.65. The Hall–Kier alpha value is -3.95. The van der Waals surface area contributed by atoms with Crippen LogP contribution >= 0.6 is 11.3 Å². The van der Waals surface area contributed by atoms with E-state index in [0.717, 1.165) is 10.6 Å². The molecule has 5 aromatic carbocycles. The van der Waals surface area contributed by atoms with E-state index in [1.165, 1.54) is 59.5 Å². The van der Waals surface area contributed by atoms with Crippen LogP contribution in [0, 0.1) is 0 Å². The number of para-hydroxylation sites is 2. The average molecular weight is 467 g/mol. The molecule has 8 rings (SSSR count). The molecule has 0 atom stereocenters. The molecule has 0 aliphatic heterocycles. The van der Waals surface area contributed by atoms with E-state index in [0.29, 0.717) is 0 Å². The summed E-state index contributed by atoms with van der Waals surface area (Å²) in [5, 5.41) is 6.29. The van der Waals surface area contributed by atoms with Crippen LogP contribution in [0.4, 0.5) is 0 Å². The van der Waals surface area contributed by atoms with Crippen molar-refractivity contribution in [3.8, 4) is 16.3 Å². The van der Waals surface area contributed by atoms with Crippen molar-refractivity contribution >= 4 is 54.1 Å². The van der Waals surface area contributed by atoms with E-state index < -0.39 is 0 Å². The first kappa shape index (κ1) is 19.4. The molecule has 35 heavy (non-hydrogen) atoms. The lowest BCUT2D eigenvalue weighted by Crippen LogP contribution is -2.16. The van der Waals surface area contributed by atoms with Gasteiger partial charge in [-0.15, -0.1) is 0 Å². The van der Waals surface area contributed by atoms with Gasteiger partial charge in [-0.1, -0.05) is 104 Å². The quantitative estimate of drug-likeness (QED) is 0.236. The number of thiazole rings is 1. The van der Waals surface area contributed by atoms with Crippen molar-refractivity contribution in [2.75, 3.05) is 0 Å². The molecule has 0 amide bonds. The molecule has 166 valence electrons. The maximum atomic E-state index is 5.14. The van der Waals surface area contributed by atoms with Gasteiger partial charge in [0.15, 0.2) is 5.13 Å². The van der Waals surface area contributed by atoms with E-state index in [2.05, 4.69) is 115 Å². The number of aromatic nitrogens is 2. The summed E-state index contributed by atoms with van der Waals surface area (Å²) in [6.07, 6.45) is 0. The lowest BCUT2D eigenvalue weighted by molar-refractivity contribution is 0.664. The molecular formula is C32H22N2S. The molecule has 2 aromatic heterocycles. The molecule has 2 nitrogen and oxygen atoms in total. The maximum Gasteiger partial charge on any atom is 0.195 e. The Balaban J connectivity index is 1.68. The summed E-state index contributed by atoms with van der Waals surface area (Å²) in [5.74, 6) is 0. The molecule has 0 bridgehead atoms. The van der Waals surface area contributed by atoms with Crippen LogP contribution in [0.15, 0.2) is 97.1 Å². The second-order valence-corrected chi connectivity index (χ2v) is 11.0. The second-order valence-electron chi connectivity index (χ2n) is 10.0. The molecule has 7 aromatic rings. The van der Waals surface area contributed by atoms with E-state index in [1.54, 1.807) is 11.3 Å². The first-order valence-corrected chi connectivity index (χ1v) is 12.9. The highest BCUT2D eigenvalue weighted by Gasteiger charge is 2.40. The molecule has 1 aliphatic carbocycles. The van der Waals surface area contributed by atoms with Crippen LogP contribution in [0.1, 0.15) is 25.0 Å². The first-order chi connectivity index (χ1) is 17.1. The summed E-state index contributed by atoms with van der Waals surface area (Å²) >= 11 is 1.77. The van der Waals surface area contributed by atoms with E-state index in [1.807, 2.05) is 0 Å². The summed E-state index contributed by atoms with van der Waals surface area (Å²) in [6, 6.07) is 35.2. The number of hydrogen-bond donors (Lipinski definition) is 0. The zero-order valence-electron chi connectivity index (χ0n) is 19.5. The van der Waals surface area contributed by atoms with Gasteiger partial charge in [0.05, 0.1) is 21.3 Å². The van der Waals surface area contributed by atoms with Crippen LogP contribution in [0.3, 0.4) is 0 Å². The van der Waals surface area contributed by atoms with E-state index in [-0.39, 0.29) is 5.41 Å². The summed E-state index contributed by atoms with van der Waals surface area (Å²) in [5.41, 5.74) is 8.96. The third kappa shape index (κ3) is 2.36. The minimum Gasteiger partial charge on any atom is -0.285 e. The third-order valence-electron chi connectivity index (χ3n) is 7.80. The predicted molar refractivity (Wildman–Crippen MR) is 149 cm³/mol. The molecule has 0 saturated carbocycles. The van der Waals surface area contributed by atoms with Crippen molar-refractivity contribution in [1.29, 1.82) is 0 Å². The molecule has 2 heterocycles. The van der Waals surface area contributed by atoms with E-state index in [9.17, 15) is 0 Å². The van der Waals surface area contributed by atoms with Crippen molar-refractivity contribution in [2.45, 2.75) is 19.3 Å². The van der Waals surface area contributed by atoms with Crippen LogP contribution in [-0.4, -0.2) is 9.55 Å². The van der Waals surface area contributed by atoms with Gasteiger partial charge in [0.25, 0.3) is 0 Å². The van der Waals surface area contributed by atoms with Gasteiger partial charge in [-0.05, 0) is 51.2 Å². The second kappa shape index (κ2) is 6.59. The number of fused-ring (bicyclic) bond motifs is 11. The first-order valence-electron chi connectivity index (χ1n) is 12.1. The fourth-order valence-corrected chi connectivity index (χ4v) is 7.33. The average Bonchev–Trinajstić information content (AvgIpc) is 3.53. The number of benzene rings is 5. The molecule has 0 fully saturated rings. The van der Waals surface area contributed by atoms with Gasteiger partial charge in [0.2, 0.25) is 0 Å². The topological polar surface area (TPSA) is 17.8 Å². The van der Waals surface area contributed by atoms with Crippen molar-refractivity contribution in [2.24, 2.45) is 0 Å². The monoisotopic (exact) mass is 466 g/mol. The van der Waals surface area contributed by atoms with Crippen LogP contribution in [0.25, 0.3) is 59.1 Å². The number of hydrogen-bond acceptors (Lipinski definition) is 2. The Kier molecular flexibility index (Phi) is 3.64.